The fraction of sp³-hybridized carbons (Fsp3) is 0.300. The lowest BCUT2D eigenvalue weighted by Crippen LogP contribution is -2.38. The molecule has 2 heterocycles. The summed E-state index contributed by atoms with van der Waals surface area (Å²) in [7, 11) is -1.21. The fourth-order valence-corrected chi connectivity index (χ4v) is 2.44. The first kappa shape index (κ1) is 8.50. The summed E-state index contributed by atoms with van der Waals surface area (Å²) in [4.78, 5) is 7.74. The van der Waals surface area contributed by atoms with Crippen molar-refractivity contribution in [2.75, 3.05) is 0 Å². The van der Waals surface area contributed by atoms with Gasteiger partial charge in [-0.2, -0.15) is 0 Å². The molecule has 2 rings (SSSR count). The zero-order chi connectivity index (χ0) is 9.47. The van der Waals surface area contributed by atoms with Gasteiger partial charge >= 0.3 is 0 Å². The number of aromatic amines is 1. The molecule has 3 heteroatoms. The molecule has 13 heavy (non-hydrogen) atoms. The van der Waals surface area contributed by atoms with Crippen LogP contribution in [0.25, 0.3) is 11.0 Å². The van der Waals surface area contributed by atoms with Crippen LogP contribution < -0.4 is 5.32 Å². The Morgan fingerprint density at radius 3 is 2.69 bits per heavy atom. The van der Waals surface area contributed by atoms with Crippen molar-refractivity contribution in [3.8, 4) is 0 Å². The van der Waals surface area contributed by atoms with Gasteiger partial charge in [0.05, 0.1) is 19.1 Å². The van der Waals surface area contributed by atoms with Gasteiger partial charge in [0.2, 0.25) is 0 Å². The first-order valence-corrected chi connectivity index (χ1v) is 8.01. The number of aromatic nitrogens is 2. The van der Waals surface area contributed by atoms with Gasteiger partial charge in [0.25, 0.3) is 0 Å². The van der Waals surface area contributed by atoms with E-state index in [2.05, 4.69) is 41.7 Å². The van der Waals surface area contributed by atoms with E-state index in [0.717, 1.165) is 11.0 Å². The van der Waals surface area contributed by atoms with Crippen LogP contribution in [0.3, 0.4) is 0 Å². The third kappa shape index (κ3) is 1.51. The number of H-pyrrole nitrogens is 1. The molecule has 0 aliphatic carbocycles. The largest absolute Gasteiger partial charge is 0.361 e. The molecular weight excluding hydrogens is 176 g/mol. The third-order valence-electron chi connectivity index (χ3n) is 2.20. The van der Waals surface area contributed by atoms with Crippen LogP contribution >= 0.6 is 0 Å². The first-order chi connectivity index (χ1) is 6.07. The van der Waals surface area contributed by atoms with E-state index in [0.29, 0.717) is 0 Å². The van der Waals surface area contributed by atoms with Crippen LogP contribution in [0, 0.1) is 0 Å². The van der Waals surface area contributed by atoms with E-state index in [1.807, 2.05) is 12.3 Å². The number of rotatable bonds is 1. The summed E-state index contributed by atoms with van der Waals surface area (Å²) in [6.45, 7) is 6.99. The van der Waals surface area contributed by atoms with Crippen molar-refractivity contribution >= 4 is 24.4 Å². The van der Waals surface area contributed by atoms with Gasteiger partial charge in [0, 0.05) is 11.5 Å². The lowest BCUT2D eigenvalue weighted by Gasteiger charge is -2.12. The molecule has 2 aromatic rings. The Kier molecular flexibility index (Phi) is 1.77. The van der Waals surface area contributed by atoms with Crippen molar-refractivity contribution in [2.24, 2.45) is 0 Å². The maximum Gasteiger partial charge on any atom is 0.0982 e. The van der Waals surface area contributed by atoms with Crippen LogP contribution in [0.1, 0.15) is 0 Å². The Hall–Kier alpha value is -1.09. The highest BCUT2D eigenvalue weighted by molar-refractivity contribution is 6.88. The van der Waals surface area contributed by atoms with Crippen molar-refractivity contribution < 1.29 is 0 Å². The lowest BCUT2D eigenvalue weighted by molar-refractivity contribution is 1.41. The molecule has 0 unspecified atom stereocenters. The molecule has 0 amide bonds. The average Bonchev–Trinajstić information content (AvgIpc) is 2.45. The minimum Gasteiger partial charge on any atom is -0.361 e. The molecule has 0 bridgehead atoms. The minimum absolute atomic E-state index is 1.08. The number of nitrogens with zero attached hydrogens (tertiary/aromatic N) is 1. The van der Waals surface area contributed by atoms with E-state index in [-0.39, 0.29) is 0 Å². The molecule has 68 valence electrons. The second-order valence-electron chi connectivity index (χ2n) is 4.37. The zero-order valence-electron chi connectivity index (χ0n) is 8.26. The lowest BCUT2D eigenvalue weighted by atomic mass is 10.4. The highest BCUT2D eigenvalue weighted by Crippen LogP contribution is 2.09. The van der Waals surface area contributed by atoms with Gasteiger partial charge in [-0.1, -0.05) is 19.6 Å². The molecule has 0 aromatic carbocycles. The summed E-state index contributed by atoms with van der Waals surface area (Å²) in [5.74, 6) is 0. The second-order valence-corrected chi connectivity index (χ2v) is 9.41. The van der Waals surface area contributed by atoms with Gasteiger partial charge in [-0.25, -0.2) is 0 Å². The monoisotopic (exact) mass is 190 g/mol. The molecule has 0 spiro atoms. The molecule has 0 fully saturated rings. The molecule has 1 N–H and O–H groups in total. The molecule has 2 aromatic heterocycles. The van der Waals surface area contributed by atoms with Crippen molar-refractivity contribution in [1.82, 2.24) is 9.97 Å². The molecule has 0 aliphatic heterocycles. The summed E-state index contributed by atoms with van der Waals surface area (Å²) < 4.78 is 0. The normalized spacial score (nSPS) is 12.2. The first-order valence-electron chi connectivity index (χ1n) is 4.51. The molecule has 0 saturated heterocycles. The molecule has 0 saturated carbocycles. The number of hydrogen-bond donors (Lipinski definition) is 1. The zero-order valence-corrected chi connectivity index (χ0v) is 9.26. The number of fused-ring (bicyclic) bond motifs is 1. The quantitative estimate of drug-likeness (QED) is 0.685. The van der Waals surface area contributed by atoms with Crippen LogP contribution in [-0.2, 0) is 0 Å². The summed E-state index contributed by atoms with van der Waals surface area (Å²) in [5.41, 5.74) is 2.24. The average molecular weight is 190 g/mol. The van der Waals surface area contributed by atoms with Crippen molar-refractivity contribution in [2.45, 2.75) is 19.6 Å². The van der Waals surface area contributed by atoms with Crippen LogP contribution in [0.15, 0.2) is 24.4 Å². The fourth-order valence-electron chi connectivity index (χ4n) is 1.36. The molecule has 0 aliphatic rings. The van der Waals surface area contributed by atoms with Crippen LogP contribution in [0.2, 0.25) is 19.6 Å². The van der Waals surface area contributed by atoms with Crippen molar-refractivity contribution in [3.63, 3.8) is 0 Å². The Balaban J connectivity index is 2.63. The minimum atomic E-state index is -1.21. The van der Waals surface area contributed by atoms with Crippen LogP contribution in [-0.4, -0.2) is 18.0 Å². The van der Waals surface area contributed by atoms with Gasteiger partial charge in [-0.3, -0.25) is 4.98 Å². The van der Waals surface area contributed by atoms with E-state index in [4.69, 9.17) is 0 Å². The van der Waals surface area contributed by atoms with Crippen LogP contribution in [0.5, 0.6) is 0 Å². The summed E-state index contributed by atoms with van der Waals surface area (Å²) in [6.07, 6.45) is 1.84. The van der Waals surface area contributed by atoms with Gasteiger partial charge in [0.1, 0.15) is 0 Å². The summed E-state index contributed by atoms with van der Waals surface area (Å²) in [5, 5.41) is 1.38. The number of pyridine rings is 1. The summed E-state index contributed by atoms with van der Waals surface area (Å²) in [6, 6.07) is 6.22. The standard InChI is InChI=1S/C10H14N2Si/c1-13(2,3)10-7-9-8(12-10)5-4-6-11-9/h4-7,12H,1-3H3. The van der Waals surface area contributed by atoms with Crippen LogP contribution in [0.4, 0.5) is 0 Å². The van der Waals surface area contributed by atoms with E-state index >= 15 is 0 Å². The molecule has 2 nitrogen and oxygen atoms in total. The molecular formula is C10H14N2Si. The van der Waals surface area contributed by atoms with Gasteiger partial charge in [-0.05, 0) is 18.2 Å². The maximum absolute atomic E-state index is 4.31. The topological polar surface area (TPSA) is 28.7 Å². The van der Waals surface area contributed by atoms with E-state index in [1.165, 1.54) is 5.32 Å². The Bertz CT molecular complexity index is 393. The molecule has 0 atom stereocenters. The van der Waals surface area contributed by atoms with E-state index in [9.17, 15) is 0 Å². The molecule has 0 radical (unpaired) electrons. The second kappa shape index (κ2) is 2.70. The van der Waals surface area contributed by atoms with Gasteiger partial charge in [0.15, 0.2) is 0 Å². The summed E-state index contributed by atoms with van der Waals surface area (Å²) >= 11 is 0. The Morgan fingerprint density at radius 1 is 1.31 bits per heavy atom. The maximum atomic E-state index is 4.31. The Labute approximate surface area is 79.0 Å². The number of hydrogen-bond acceptors (Lipinski definition) is 1. The highest BCUT2D eigenvalue weighted by atomic mass is 28.3. The van der Waals surface area contributed by atoms with Crippen molar-refractivity contribution in [3.05, 3.63) is 24.4 Å². The predicted molar refractivity (Wildman–Crippen MR) is 59.1 cm³/mol. The predicted octanol–water partition coefficient (Wildman–Crippen LogP) is 2.11. The van der Waals surface area contributed by atoms with Gasteiger partial charge < -0.3 is 4.98 Å². The third-order valence-corrected chi connectivity index (χ3v) is 4.08. The Morgan fingerprint density at radius 2 is 2.08 bits per heavy atom. The van der Waals surface area contributed by atoms with E-state index < -0.39 is 8.07 Å². The highest BCUT2D eigenvalue weighted by Gasteiger charge is 2.18. The SMILES string of the molecule is C[Si](C)(C)c1cc2ncccc2[nH]1. The van der Waals surface area contributed by atoms with Gasteiger partial charge in [-0.15, -0.1) is 0 Å². The number of nitrogens with one attached hydrogen (secondary N) is 1. The smallest absolute Gasteiger partial charge is 0.0982 e. The van der Waals surface area contributed by atoms with Crippen molar-refractivity contribution in [1.29, 1.82) is 0 Å². The van der Waals surface area contributed by atoms with E-state index in [1.54, 1.807) is 0 Å².